The summed E-state index contributed by atoms with van der Waals surface area (Å²) < 4.78 is 5.69. The van der Waals surface area contributed by atoms with Gasteiger partial charge >= 0.3 is 0 Å². The second kappa shape index (κ2) is 7.77. The molecule has 20 heavy (non-hydrogen) atoms. The van der Waals surface area contributed by atoms with Crippen molar-refractivity contribution in [2.75, 3.05) is 32.8 Å². The fraction of sp³-hybridized carbons (Fsp3) is 1.00. The largest absolute Gasteiger partial charge is 0.380 e. The van der Waals surface area contributed by atoms with Crippen molar-refractivity contribution in [2.24, 2.45) is 17.8 Å². The minimum absolute atomic E-state index is 0.642. The quantitative estimate of drug-likeness (QED) is 0.727. The predicted molar refractivity (Wildman–Crippen MR) is 85.0 cm³/mol. The van der Waals surface area contributed by atoms with E-state index in [2.05, 4.69) is 37.9 Å². The van der Waals surface area contributed by atoms with Crippen LogP contribution < -0.4 is 5.32 Å². The summed E-state index contributed by atoms with van der Waals surface area (Å²) in [5.41, 5.74) is 0. The predicted octanol–water partition coefficient (Wildman–Crippen LogP) is 2.76. The van der Waals surface area contributed by atoms with Gasteiger partial charge in [0.25, 0.3) is 0 Å². The molecule has 3 nitrogen and oxygen atoms in total. The Morgan fingerprint density at radius 1 is 1.10 bits per heavy atom. The van der Waals surface area contributed by atoms with Gasteiger partial charge in [-0.15, -0.1) is 0 Å². The zero-order valence-corrected chi connectivity index (χ0v) is 13.9. The molecule has 2 atom stereocenters. The highest BCUT2D eigenvalue weighted by atomic mass is 16.5. The van der Waals surface area contributed by atoms with Gasteiger partial charge < -0.3 is 15.0 Å². The van der Waals surface area contributed by atoms with Crippen molar-refractivity contribution in [3.8, 4) is 0 Å². The maximum atomic E-state index is 5.69. The van der Waals surface area contributed by atoms with E-state index in [4.69, 9.17) is 4.74 Å². The third kappa shape index (κ3) is 4.44. The molecule has 2 aliphatic rings. The van der Waals surface area contributed by atoms with Crippen LogP contribution in [0.15, 0.2) is 0 Å². The molecule has 0 amide bonds. The number of nitrogens with one attached hydrogen (secondary N) is 1. The summed E-state index contributed by atoms with van der Waals surface area (Å²) in [7, 11) is 0. The minimum Gasteiger partial charge on any atom is -0.380 e. The van der Waals surface area contributed by atoms with Gasteiger partial charge in [-0.3, -0.25) is 0 Å². The number of hydrogen-bond donors (Lipinski definition) is 1. The summed E-state index contributed by atoms with van der Waals surface area (Å²) in [4.78, 5) is 2.68. The first kappa shape index (κ1) is 16.3. The lowest BCUT2D eigenvalue weighted by atomic mass is 9.73. The van der Waals surface area contributed by atoms with Crippen LogP contribution in [0.1, 0.15) is 47.0 Å². The standard InChI is InChI=1S/C17H34N2O/c1-13(2)12-20-9-8-18-17-15-6-5-7-16(17)11-19(10-15)14(3)4/h13-18H,5-12H2,1-4H3. The van der Waals surface area contributed by atoms with E-state index in [1.54, 1.807) is 0 Å². The molecule has 0 aromatic heterocycles. The molecule has 0 radical (unpaired) electrons. The summed E-state index contributed by atoms with van der Waals surface area (Å²) in [6, 6.07) is 1.44. The second-order valence-electron chi connectivity index (χ2n) is 7.45. The molecule has 2 rings (SSSR count). The average molecular weight is 282 g/mol. The Hall–Kier alpha value is -0.120. The average Bonchev–Trinajstić information content (AvgIpc) is 2.36. The summed E-state index contributed by atoms with van der Waals surface area (Å²) in [5.74, 6) is 2.36. The molecule has 0 spiro atoms. The molecular formula is C17H34N2O. The van der Waals surface area contributed by atoms with Crippen molar-refractivity contribution in [2.45, 2.75) is 59.0 Å². The van der Waals surface area contributed by atoms with Gasteiger partial charge in [-0.05, 0) is 44.4 Å². The maximum absolute atomic E-state index is 5.69. The monoisotopic (exact) mass is 282 g/mol. The van der Waals surface area contributed by atoms with Gasteiger partial charge in [-0.1, -0.05) is 20.3 Å². The van der Waals surface area contributed by atoms with E-state index in [0.717, 1.165) is 37.6 Å². The highest BCUT2D eigenvalue weighted by Crippen LogP contribution is 2.35. The first-order valence-electron chi connectivity index (χ1n) is 8.63. The minimum atomic E-state index is 0.642. The number of likely N-dealkylation sites (tertiary alicyclic amines) is 1. The number of nitrogens with zero attached hydrogens (tertiary/aromatic N) is 1. The molecular weight excluding hydrogens is 248 g/mol. The molecule has 1 N–H and O–H groups in total. The van der Waals surface area contributed by atoms with Crippen LogP contribution in [0.3, 0.4) is 0 Å². The molecule has 2 fully saturated rings. The molecule has 2 unspecified atom stereocenters. The zero-order chi connectivity index (χ0) is 14.5. The van der Waals surface area contributed by atoms with Crippen LogP contribution in [0, 0.1) is 17.8 Å². The topological polar surface area (TPSA) is 24.5 Å². The summed E-state index contributed by atoms with van der Waals surface area (Å²) in [6.45, 7) is 14.4. The maximum Gasteiger partial charge on any atom is 0.0591 e. The number of rotatable bonds is 7. The third-order valence-corrected chi connectivity index (χ3v) is 4.91. The summed E-state index contributed by atoms with van der Waals surface area (Å²) in [5, 5.41) is 3.81. The number of hydrogen-bond acceptors (Lipinski definition) is 3. The van der Waals surface area contributed by atoms with Crippen molar-refractivity contribution in [1.82, 2.24) is 10.2 Å². The van der Waals surface area contributed by atoms with Gasteiger partial charge in [0, 0.05) is 38.3 Å². The first-order chi connectivity index (χ1) is 9.58. The van der Waals surface area contributed by atoms with Gasteiger partial charge in [-0.2, -0.15) is 0 Å². The Morgan fingerprint density at radius 2 is 1.75 bits per heavy atom. The van der Waals surface area contributed by atoms with Crippen molar-refractivity contribution >= 4 is 0 Å². The Bertz CT molecular complexity index is 266. The van der Waals surface area contributed by atoms with Gasteiger partial charge in [0.2, 0.25) is 0 Å². The van der Waals surface area contributed by atoms with E-state index >= 15 is 0 Å². The molecule has 118 valence electrons. The van der Waals surface area contributed by atoms with Crippen LogP contribution in [0.4, 0.5) is 0 Å². The molecule has 2 bridgehead atoms. The third-order valence-electron chi connectivity index (χ3n) is 4.91. The smallest absolute Gasteiger partial charge is 0.0591 e. The Labute approximate surface area is 125 Å². The van der Waals surface area contributed by atoms with Gasteiger partial charge in [0.15, 0.2) is 0 Å². The zero-order valence-electron chi connectivity index (χ0n) is 13.9. The fourth-order valence-electron chi connectivity index (χ4n) is 3.84. The molecule has 1 saturated heterocycles. The Morgan fingerprint density at radius 3 is 2.30 bits per heavy atom. The molecule has 0 aromatic rings. The number of fused-ring (bicyclic) bond motifs is 2. The highest BCUT2D eigenvalue weighted by Gasteiger charge is 2.39. The van der Waals surface area contributed by atoms with Crippen molar-refractivity contribution in [3.05, 3.63) is 0 Å². The second-order valence-corrected chi connectivity index (χ2v) is 7.45. The van der Waals surface area contributed by atoms with E-state index < -0.39 is 0 Å². The Balaban J connectivity index is 1.74. The van der Waals surface area contributed by atoms with Crippen molar-refractivity contribution in [3.63, 3.8) is 0 Å². The lowest BCUT2D eigenvalue weighted by molar-refractivity contribution is 0.0246. The summed E-state index contributed by atoms with van der Waals surface area (Å²) in [6.07, 6.45) is 4.25. The van der Waals surface area contributed by atoms with Crippen LogP contribution in [0.25, 0.3) is 0 Å². The van der Waals surface area contributed by atoms with Crippen LogP contribution in [-0.4, -0.2) is 49.8 Å². The van der Waals surface area contributed by atoms with Crippen LogP contribution in [0.2, 0.25) is 0 Å². The van der Waals surface area contributed by atoms with E-state index in [1.165, 1.54) is 32.4 Å². The molecule has 1 saturated carbocycles. The lowest BCUT2D eigenvalue weighted by Crippen LogP contribution is -2.58. The molecule has 1 aliphatic carbocycles. The van der Waals surface area contributed by atoms with E-state index in [9.17, 15) is 0 Å². The van der Waals surface area contributed by atoms with Crippen LogP contribution >= 0.6 is 0 Å². The highest BCUT2D eigenvalue weighted by molar-refractivity contribution is 4.95. The Kier molecular flexibility index (Phi) is 6.31. The van der Waals surface area contributed by atoms with Crippen LogP contribution in [0.5, 0.6) is 0 Å². The lowest BCUT2D eigenvalue weighted by Gasteiger charge is -2.49. The van der Waals surface area contributed by atoms with E-state index in [1.807, 2.05) is 0 Å². The fourth-order valence-corrected chi connectivity index (χ4v) is 3.84. The molecule has 0 aromatic carbocycles. The van der Waals surface area contributed by atoms with Crippen molar-refractivity contribution < 1.29 is 4.74 Å². The summed E-state index contributed by atoms with van der Waals surface area (Å²) >= 11 is 0. The molecule has 3 heteroatoms. The van der Waals surface area contributed by atoms with Gasteiger partial charge in [-0.25, -0.2) is 0 Å². The number of piperidine rings is 1. The van der Waals surface area contributed by atoms with Gasteiger partial charge in [0.05, 0.1) is 6.61 Å². The SMILES string of the molecule is CC(C)COCCNC1C2CCCC1CN(C(C)C)C2. The molecule has 1 heterocycles. The first-order valence-corrected chi connectivity index (χ1v) is 8.63. The van der Waals surface area contributed by atoms with E-state index in [0.29, 0.717) is 12.0 Å². The molecule has 1 aliphatic heterocycles. The van der Waals surface area contributed by atoms with Crippen LogP contribution in [-0.2, 0) is 4.74 Å². The number of ether oxygens (including phenoxy) is 1. The van der Waals surface area contributed by atoms with Gasteiger partial charge in [0.1, 0.15) is 0 Å². The normalized spacial score (nSPS) is 31.2. The van der Waals surface area contributed by atoms with E-state index in [-0.39, 0.29) is 0 Å². The van der Waals surface area contributed by atoms with Crippen molar-refractivity contribution in [1.29, 1.82) is 0 Å².